The van der Waals surface area contributed by atoms with E-state index in [1.54, 1.807) is 0 Å². The smallest absolute Gasteiger partial charge is 0.313 e. The van der Waals surface area contributed by atoms with Crippen LogP contribution in [0.4, 0.5) is 0 Å². The minimum Gasteiger partial charge on any atom is -0.489 e. The van der Waals surface area contributed by atoms with Crippen LogP contribution in [0.25, 0.3) is 0 Å². The first-order chi connectivity index (χ1) is 15.0. The number of benzene rings is 2. The SMILES string of the molecule is CCc1cccc(Cl)c1COc1ccc2c(c1)OC1(C2)CN(CC2(C(=O)OC)CC2)C1. The summed E-state index contributed by atoms with van der Waals surface area (Å²) in [6, 6.07) is 12.1. The number of ether oxygens (including phenoxy) is 3. The molecule has 5 rings (SSSR count). The minimum absolute atomic E-state index is 0.0735. The fourth-order valence-corrected chi connectivity index (χ4v) is 5.26. The van der Waals surface area contributed by atoms with Gasteiger partial charge in [-0.2, -0.15) is 0 Å². The summed E-state index contributed by atoms with van der Waals surface area (Å²) in [6.07, 6.45) is 3.67. The first kappa shape index (κ1) is 20.7. The molecular formula is C25H28ClNO4. The third kappa shape index (κ3) is 3.79. The molecule has 0 radical (unpaired) electrons. The Labute approximate surface area is 188 Å². The third-order valence-electron chi connectivity index (χ3n) is 6.88. The zero-order valence-corrected chi connectivity index (χ0v) is 18.8. The van der Waals surface area contributed by atoms with Crippen LogP contribution in [0.5, 0.6) is 11.5 Å². The van der Waals surface area contributed by atoms with Gasteiger partial charge in [0.1, 0.15) is 23.7 Å². The summed E-state index contributed by atoms with van der Waals surface area (Å²) in [4.78, 5) is 14.3. The van der Waals surface area contributed by atoms with Crippen molar-refractivity contribution in [1.29, 1.82) is 0 Å². The topological polar surface area (TPSA) is 48.0 Å². The van der Waals surface area contributed by atoms with E-state index in [1.165, 1.54) is 18.2 Å². The van der Waals surface area contributed by atoms with Crippen LogP contribution in [-0.2, 0) is 29.0 Å². The van der Waals surface area contributed by atoms with Crippen molar-refractivity contribution in [2.24, 2.45) is 5.41 Å². The molecule has 1 saturated carbocycles. The van der Waals surface area contributed by atoms with Gasteiger partial charge in [-0.15, -0.1) is 0 Å². The zero-order valence-electron chi connectivity index (χ0n) is 18.1. The van der Waals surface area contributed by atoms with Crippen molar-refractivity contribution < 1.29 is 19.0 Å². The largest absolute Gasteiger partial charge is 0.489 e. The summed E-state index contributed by atoms with van der Waals surface area (Å²) >= 11 is 6.39. The number of likely N-dealkylation sites (tertiary alicyclic amines) is 1. The molecule has 0 amide bonds. The van der Waals surface area contributed by atoms with Crippen LogP contribution in [0.2, 0.25) is 5.02 Å². The molecule has 5 nitrogen and oxygen atoms in total. The van der Waals surface area contributed by atoms with Crippen LogP contribution in [0.15, 0.2) is 36.4 Å². The number of halogens is 1. The molecular weight excluding hydrogens is 414 g/mol. The van der Waals surface area contributed by atoms with E-state index >= 15 is 0 Å². The molecule has 2 fully saturated rings. The Morgan fingerprint density at radius 1 is 1.23 bits per heavy atom. The van der Waals surface area contributed by atoms with E-state index in [-0.39, 0.29) is 17.0 Å². The Kier molecular flexibility index (Phi) is 5.14. The number of hydrogen-bond donors (Lipinski definition) is 0. The zero-order chi connectivity index (χ0) is 21.6. The lowest BCUT2D eigenvalue weighted by molar-refractivity contribution is -0.150. The molecule has 1 spiro atoms. The Bertz CT molecular complexity index is 1010. The summed E-state index contributed by atoms with van der Waals surface area (Å²) in [5.74, 6) is 1.62. The molecule has 164 valence electrons. The molecule has 0 bridgehead atoms. The van der Waals surface area contributed by atoms with Crippen LogP contribution in [-0.4, -0.2) is 43.2 Å². The van der Waals surface area contributed by atoms with Crippen molar-refractivity contribution >= 4 is 17.6 Å². The van der Waals surface area contributed by atoms with Crippen molar-refractivity contribution in [3.05, 3.63) is 58.1 Å². The quantitative estimate of drug-likeness (QED) is 0.595. The second-order valence-corrected chi connectivity index (χ2v) is 9.58. The number of methoxy groups -OCH3 is 1. The van der Waals surface area contributed by atoms with Gasteiger partial charge in [-0.25, -0.2) is 0 Å². The summed E-state index contributed by atoms with van der Waals surface area (Å²) in [6.45, 7) is 5.02. The number of hydrogen-bond acceptors (Lipinski definition) is 5. The Morgan fingerprint density at radius 2 is 2.03 bits per heavy atom. The Morgan fingerprint density at radius 3 is 2.74 bits per heavy atom. The lowest BCUT2D eigenvalue weighted by Crippen LogP contribution is -2.65. The van der Waals surface area contributed by atoms with Crippen molar-refractivity contribution in [2.75, 3.05) is 26.7 Å². The molecule has 6 heteroatoms. The molecule has 3 aliphatic rings. The van der Waals surface area contributed by atoms with E-state index in [2.05, 4.69) is 24.0 Å². The lowest BCUT2D eigenvalue weighted by atomic mass is 9.87. The van der Waals surface area contributed by atoms with Gasteiger partial charge >= 0.3 is 5.97 Å². The van der Waals surface area contributed by atoms with Crippen LogP contribution >= 0.6 is 11.6 Å². The van der Waals surface area contributed by atoms with Crippen LogP contribution < -0.4 is 9.47 Å². The van der Waals surface area contributed by atoms with Gasteiger partial charge in [0.05, 0.1) is 12.5 Å². The van der Waals surface area contributed by atoms with Gasteiger partial charge in [-0.05, 0) is 42.5 Å². The average Bonchev–Trinajstić information content (AvgIpc) is 3.43. The first-order valence-electron chi connectivity index (χ1n) is 11.0. The average molecular weight is 442 g/mol. The molecule has 0 aromatic heterocycles. The third-order valence-corrected chi connectivity index (χ3v) is 7.23. The van der Waals surface area contributed by atoms with Gasteiger partial charge in [0.2, 0.25) is 0 Å². The van der Waals surface area contributed by atoms with Gasteiger partial charge in [0.15, 0.2) is 0 Å². The van der Waals surface area contributed by atoms with Crippen molar-refractivity contribution in [3.63, 3.8) is 0 Å². The lowest BCUT2D eigenvalue weighted by Gasteiger charge is -2.48. The molecule has 1 saturated heterocycles. The molecule has 0 atom stereocenters. The molecule has 2 aromatic rings. The van der Waals surface area contributed by atoms with E-state index < -0.39 is 0 Å². The highest BCUT2D eigenvalue weighted by Crippen LogP contribution is 2.50. The highest BCUT2D eigenvalue weighted by Gasteiger charge is 2.57. The molecule has 0 unspecified atom stereocenters. The summed E-state index contributed by atoms with van der Waals surface area (Å²) in [7, 11) is 1.48. The Balaban J connectivity index is 1.20. The van der Waals surface area contributed by atoms with Crippen molar-refractivity contribution in [1.82, 2.24) is 4.90 Å². The number of esters is 1. The van der Waals surface area contributed by atoms with E-state index in [9.17, 15) is 4.79 Å². The monoisotopic (exact) mass is 441 g/mol. The van der Waals surface area contributed by atoms with E-state index in [4.69, 9.17) is 25.8 Å². The highest BCUT2D eigenvalue weighted by molar-refractivity contribution is 6.31. The molecule has 1 aliphatic carbocycles. The Hall–Kier alpha value is -2.24. The summed E-state index contributed by atoms with van der Waals surface area (Å²) in [5.41, 5.74) is 3.01. The van der Waals surface area contributed by atoms with Crippen LogP contribution in [0.3, 0.4) is 0 Å². The van der Waals surface area contributed by atoms with Gasteiger partial charge in [0.25, 0.3) is 0 Å². The number of fused-ring (bicyclic) bond motifs is 1. The number of aryl methyl sites for hydroxylation is 1. The van der Waals surface area contributed by atoms with Gasteiger partial charge in [0, 0.05) is 42.7 Å². The van der Waals surface area contributed by atoms with E-state index in [1.807, 2.05) is 24.3 Å². The predicted octanol–water partition coefficient (Wildman–Crippen LogP) is 4.42. The fourth-order valence-electron chi connectivity index (χ4n) is 5.01. The first-order valence-corrected chi connectivity index (χ1v) is 11.4. The van der Waals surface area contributed by atoms with Gasteiger partial charge < -0.3 is 14.2 Å². The molecule has 2 heterocycles. The predicted molar refractivity (Wildman–Crippen MR) is 119 cm³/mol. The number of rotatable bonds is 7. The molecule has 2 aliphatic heterocycles. The maximum absolute atomic E-state index is 12.0. The van der Waals surface area contributed by atoms with E-state index in [0.717, 1.165) is 67.4 Å². The second-order valence-electron chi connectivity index (χ2n) is 9.17. The normalized spacial score (nSPS) is 20.0. The van der Waals surface area contributed by atoms with E-state index in [0.29, 0.717) is 6.61 Å². The van der Waals surface area contributed by atoms with Crippen molar-refractivity contribution in [3.8, 4) is 11.5 Å². The van der Waals surface area contributed by atoms with Crippen molar-refractivity contribution in [2.45, 2.75) is 44.8 Å². The number of nitrogens with zero attached hydrogens (tertiary/aromatic N) is 1. The standard InChI is InChI=1S/C25H28ClNO4/c1-3-17-5-4-6-21(26)20(17)13-30-19-8-7-18-12-25(31-22(18)11-19)15-27(16-25)14-24(9-10-24)23(28)29-2/h4-8,11H,3,9-10,12-16H2,1-2H3. The summed E-state index contributed by atoms with van der Waals surface area (Å²) < 4.78 is 17.4. The highest BCUT2D eigenvalue weighted by atomic mass is 35.5. The van der Waals surface area contributed by atoms with Crippen LogP contribution in [0, 0.1) is 5.41 Å². The van der Waals surface area contributed by atoms with Gasteiger partial charge in [-0.1, -0.05) is 36.7 Å². The fraction of sp³-hybridized carbons (Fsp3) is 0.480. The number of carbonyl (C=O) groups excluding carboxylic acids is 1. The second kappa shape index (κ2) is 7.72. The molecule has 0 N–H and O–H groups in total. The molecule has 31 heavy (non-hydrogen) atoms. The minimum atomic E-state index is -0.279. The maximum Gasteiger partial charge on any atom is 0.313 e. The maximum atomic E-state index is 12.0. The number of carbonyl (C=O) groups is 1. The van der Waals surface area contributed by atoms with Crippen LogP contribution in [0.1, 0.15) is 36.5 Å². The van der Waals surface area contributed by atoms with Gasteiger partial charge in [-0.3, -0.25) is 9.69 Å². The molecule has 2 aromatic carbocycles. The summed E-state index contributed by atoms with van der Waals surface area (Å²) in [5, 5.41) is 0.741.